The van der Waals surface area contributed by atoms with Gasteiger partial charge in [0.15, 0.2) is 0 Å². The van der Waals surface area contributed by atoms with Crippen LogP contribution in [0.25, 0.3) is 0 Å². The summed E-state index contributed by atoms with van der Waals surface area (Å²) in [6, 6.07) is 8.84. The molecule has 1 aromatic carbocycles. The summed E-state index contributed by atoms with van der Waals surface area (Å²) in [4.78, 5) is 10.8. The molecule has 2 nitrogen and oxygen atoms in total. The van der Waals surface area contributed by atoms with Crippen molar-refractivity contribution >= 4 is 5.97 Å². The van der Waals surface area contributed by atoms with Crippen LogP contribution < -0.4 is 4.74 Å². The third-order valence-electron chi connectivity index (χ3n) is 1.18. The van der Waals surface area contributed by atoms with Crippen LogP contribution in [0.5, 0.6) is 5.75 Å². The molecule has 0 spiro atoms. The molecule has 60 valence electrons. The molecular formula is C10H8O2. The van der Waals surface area contributed by atoms with Gasteiger partial charge in [-0.25, -0.2) is 4.79 Å². The molecule has 0 atom stereocenters. The molecule has 0 fully saturated rings. The van der Waals surface area contributed by atoms with Gasteiger partial charge in [-0.05, 0) is 19.1 Å². The highest BCUT2D eigenvalue weighted by atomic mass is 16.5. The molecule has 0 saturated heterocycles. The van der Waals surface area contributed by atoms with Crippen molar-refractivity contribution in [3.8, 4) is 17.6 Å². The van der Waals surface area contributed by atoms with Crippen LogP contribution in [0.1, 0.15) is 6.92 Å². The summed E-state index contributed by atoms with van der Waals surface area (Å²) in [6.45, 7) is 1.59. The molecule has 0 N–H and O–H groups in total. The minimum Gasteiger partial charge on any atom is -0.417 e. The highest BCUT2D eigenvalue weighted by molar-refractivity contribution is 5.90. The van der Waals surface area contributed by atoms with Gasteiger partial charge in [0.1, 0.15) is 5.75 Å². The van der Waals surface area contributed by atoms with Gasteiger partial charge in [-0.1, -0.05) is 24.1 Å². The Morgan fingerprint density at radius 3 is 2.58 bits per heavy atom. The van der Waals surface area contributed by atoms with E-state index in [1.807, 2.05) is 6.07 Å². The van der Waals surface area contributed by atoms with Crippen LogP contribution >= 0.6 is 0 Å². The Kier molecular flexibility index (Phi) is 2.92. The molecule has 0 unspecified atom stereocenters. The first-order chi connectivity index (χ1) is 5.83. The van der Waals surface area contributed by atoms with E-state index in [0.29, 0.717) is 5.75 Å². The van der Waals surface area contributed by atoms with E-state index in [1.54, 1.807) is 31.2 Å². The van der Waals surface area contributed by atoms with Gasteiger partial charge >= 0.3 is 5.97 Å². The van der Waals surface area contributed by atoms with Crippen molar-refractivity contribution in [2.45, 2.75) is 6.92 Å². The molecule has 1 rings (SSSR count). The molecule has 0 aliphatic carbocycles. The molecule has 0 saturated carbocycles. The van der Waals surface area contributed by atoms with E-state index in [0.717, 1.165) is 0 Å². The average molecular weight is 160 g/mol. The number of hydrogen-bond donors (Lipinski definition) is 0. The topological polar surface area (TPSA) is 26.3 Å². The van der Waals surface area contributed by atoms with Gasteiger partial charge in [0, 0.05) is 5.92 Å². The Hall–Kier alpha value is -1.75. The first-order valence-electron chi connectivity index (χ1n) is 3.52. The lowest BCUT2D eigenvalue weighted by atomic mass is 10.3. The SMILES string of the molecule is CC#CC(=O)Oc1ccccc1. The Morgan fingerprint density at radius 2 is 2.00 bits per heavy atom. The van der Waals surface area contributed by atoms with Crippen LogP contribution in [0.4, 0.5) is 0 Å². The van der Waals surface area contributed by atoms with Crippen LogP contribution in [-0.4, -0.2) is 5.97 Å². The van der Waals surface area contributed by atoms with Crippen molar-refractivity contribution in [1.29, 1.82) is 0 Å². The highest BCUT2D eigenvalue weighted by Gasteiger charge is 1.97. The first-order valence-corrected chi connectivity index (χ1v) is 3.52. The molecule has 1 aromatic rings. The van der Waals surface area contributed by atoms with Gasteiger partial charge < -0.3 is 4.74 Å². The van der Waals surface area contributed by atoms with Crippen LogP contribution in [0.2, 0.25) is 0 Å². The quantitative estimate of drug-likeness (QED) is 0.270. The average Bonchev–Trinajstić information content (AvgIpc) is 2.06. The van der Waals surface area contributed by atoms with Gasteiger partial charge in [-0.15, -0.1) is 0 Å². The second-order valence-corrected chi connectivity index (χ2v) is 2.08. The number of ether oxygens (including phenoxy) is 1. The van der Waals surface area contributed by atoms with E-state index in [9.17, 15) is 4.79 Å². The van der Waals surface area contributed by atoms with Crippen LogP contribution in [0, 0.1) is 11.8 Å². The molecule has 0 aliphatic heterocycles. The molecule has 0 amide bonds. The third kappa shape index (κ3) is 2.47. The molecular weight excluding hydrogens is 152 g/mol. The van der Waals surface area contributed by atoms with Gasteiger partial charge in [0.05, 0.1) is 0 Å². The number of carbonyl (C=O) groups excluding carboxylic acids is 1. The smallest absolute Gasteiger partial charge is 0.389 e. The maximum atomic E-state index is 10.8. The Labute approximate surface area is 71.2 Å². The van der Waals surface area contributed by atoms with E-state index in [2.05, 4.69) is 11.8 Å². The summed E-state index contributed by atoms with van der Waals surface area (Å²) in [5.41, 5.74) is 0. The minimum atomic E-state index is -0.524. The molecule has 0 bridgehead atoms. The lowest BCUT2D eigenvalue weighted by molar-refractivity contribution is -0.128. The van der Waals surface area contributed by atoms with Gasteiger partial charge in [-0.3, -0.25) is 0 Å². The van der Waals surface area contributed by atoms with Crippen molar-refractivity contribution < 1.29 is 9.53 Å². The molecule has 2 heteroatoms. The normalized spacial score (nSPS) is 8.08. The second kappa shape index (κ2) is 4.20. The van der Waals surface area contributed by atoms with Gasteiger partial charge in [-0.2, -0.15) is 0 Å². The van der Waals surface area contributed by atoms with E-state index in [4.69, 9.17) is 4.74 Å². The second-order valence-electron chi connectivity index (χ2n) is 2.08. The monoisotopic (exact) mass is 160 g/mol. The molecule has 0 aromatic heterocycles. The number of para-hydroxylation sites is 1. The van der Waals surface area contributed by atoms with Crippen molar-refractivity contribution in [3.05, 3.63) is 30.3 Å². The zero-order chi connectivity index (χ0) is 8.81. The van der Waals surface area contributed by atoms with Gasteiger partial charge in [0.25, 0.3) is 0 Å². The van der Waals surface area contributed by atoms with E-state index in [-0.39, 0.29) is 0 Å². The van der Waals surface area contributed by atoms with E-state index >= 15 is 0 Å². The zero-order valence-corrected chi connectivity index (χ0v) is 6.70. The molecule has 12 heavy (non-hydrogen) atoms. The third-order valence-corrected chi connectivity index (χ3v) is 1.18. The Balaban J connectivity index is 2.63. The van der Waals surface area contributed by atoms with E-state index in [1.165, 1.54) is 0 Å². The summed E-state index contributed by atoms with van der Waals surface area (Å²) >= 11 is 0. The predicted octanol–water partition coefficient (Wildman–Crippen LogP) is 1.62. The minimum absolute atomic E-state index is 0.519. The molecule has 0 radical (unpaired) electrons. The summed E-state index contributed by atoms with van der Waals surface area (Å²) < 4.78 is 4.84. The van der Waals surface area contributed by atoms with Crippen molar-refractivity contribution in [1.82, 2.24) is 0 Å². The number of benzene rings is 1. The predicted molar refractivity (Wildman–Crippen MR) is 45.5 cm³/mol. The number of hydrogen-bond acceptors (Lipinski definition) is 2. The summed E-state index contributed by atoms with van der Waals surface area (Å²) in [7, 11) is 0. The first kappa shape index (κ1) is 8.35. The standard InChI is InChI=1S/C10H8O2/c1-2-6-10(11)12-9-7-4-3-5-8-9/h3-5,7-8H,1H3. The zero-order valence-electron chi connectivity index (χ0n) is 6.70. The fourth-order valence-corrected chi connectivity index (χ4v) is 0.723. The maximum Gasteiger partial charge on any atom is 0.389 e. The van der Waals surface area contributed by atoms with Crippen LogP contribution in [-0.2, 0) is 4.79 Å². The number of carbonyl (C=O) groups is 1. The number of esters is 1. The van der Waals surface area contributed by atoms with E-state index < -0.39 is 5.97 Å². The summed E-state index contributed by atoms with van der Waals surface area (Å²) in [6.07, 6.45) is 0. The molecule has 0 aliphatic rings. The van der Waals surface area contributed by atoms with Gasteiger partial charge in [0.2, 0.25) is 0 Å². The number of rotatable bonds is 1. The fourth-order valence-electron chi connectivity index (χ4n) is 0.723. The largest absolute Gasteiger partial charge is 0.417 e. The van der Waals surface area contributed by atoms with Crippen molar-refractivity contribution in [2.24, 2.45) is 0 Å². The van der Waals surface area contributed by atoms with Crippen LogP contribution in [0.3, 0.4) is 0 Å². The Morgan fingerprint density at radius 1 is 1.33 bits per heavy atom. The lowest BCUT2D eigenvalue weighted by Crippen LogP contribution is -2.03. The highest BCUT2D eigenvalue weighted by Crippen LogP contribution is 2.07. The summed E-state index contributed by atoms with van der Waals surface area (Å²) in [5, 5.41) is 0. The van der Waals surface area contributed by atoms with Crippen LogP contribution in [0.15, 0.2) is 30.3 Å². The Bertz CT molecular complexity index is 317. The fraction of sp³-hybridized carbons (Fsp3) is 0.100. The van der Waals surface area contributed by atoms with Crippen molar-refractivity contribution in [3.63, 3.8) is 0 Å². The summed E-state index contributed by atoms with van der Waals surface area (Å²) in [5.74, 6) is 4.74. The van der Waals surface area contributed by atoms with Crippen molar-refractivity contribution in [2.75, 3.05) is 0 Å². The molecule has 0 heterocycles. The lowest BCUT2D eigenvalue weighted by Gasteiger charge is -1.96. The maximum absolute atomic E-state index is 10.8.